The average Bonchev–Trinajstić information content (AvgIpc) is 3.02. The first-order chi connectivity index (χ1) is 10.6. The van der Waals surface area contributed by atoms with Crippen molar-refractivity contribution in [3.05, 3.63) is 35.0 Å². The lowest BCUT2D eigenvalue weighted by Crippen LogP contribution is -1.91. The molecule has 1 aromatic heterocycles. The molecule has 22 heavy (non-hydrogen) atoms. The number of hydrogen-bond donors (Lipinski definition) is 0. The van der Waals surface area contributed by atoms with E-state index in [-0.39, 0.29) is 0 Å². The van der Waals surface area contributed by atoms with Crippen LogP contribution in [0, 0.1) is 0 Å². The molecular weight excluding hydrogens is 300 g/mol. The molecule has 0 radical (unpaired) electrons. The molecule has 1 unspecified atom stereocenters. The summed E-state index contributed by atoms with van der Waals surface area (Å²) < 4.78 is 16.6. The Morgan fingerprint density at radius 1 is 1.14 bits per heavy atom. The Kier molecular flexibility index (Phi) is 5.78. The number of methoxy groups -OCH3 is 2. The van der Waals surface area contributed by atoms with Gasteiger partial charge in [-0.3, -0.25) is 0 Å². The Labute approximate surface area is 137 Å². The Bertz CT molecular complexity index is 594. The van der Waals surface area contributed by atoms with E-state index in [1.807, 2.05) is 24.3 Å². The first-order valence-electron chi connectivity index (χ1n) is 7.62. The van der Waals surface area contributed by atoms with Gasteiger partial charge in [0.2, 0.25) is 0 Å². The van der Waals surface area contributed by atoms with Gasteiger partial charge in [0.05, 0.1) is 14.2 Å². The molecule has 2 rings (SSSR count). The molecule has 0 saturated heterocycles. The molecule has 0 saturated carbocycles. The lowest BCUT2D eigenvalue weighted by Gasteiger charge is -2.10. The third kappa shape index (κ3) is 3.58. The topological polar surface area (TPSA) is 31.6 Å². The van der Waals surface area contributed by atoms with E-state index in [4.69, 9.17) is 25.5 Å². The maximum Gasteiger partial charge on any atom is 0.141 e. The Morgan fingerprint density at radius 2 is 1.77 bits per heavy atom. The van der Waals surface area contributed by atoms with Crippen molar-refractivity contribution in [2.75, 3.05) is 14.2 Å². The fourth-order valence-corrected chi connectivity index (χ4v) is 2.70. The normalized spacial score (nSPS) is 12.2. The molecule has 0 aliphatic carbocycles. The van der Waals surface area contributed by atoms with Crippen LogP contribution in [0.15, 0.2) is 28.7 Å². The van der Waals surface area contributed by atoms with Gasteiger partial charge < -0.3 is 13.9 Å². The highest BCUT2D eigenvalue weighted by atomic mass is 35.5. The molecule has 1 aromatic carbocycles. The second kappa shape index (κ2) is 7.59. The van der Waals surface area contributed by atoms with E-state index in [1.165, 1.54) is 12.8 Å². The van der Waals surface area contributed by atoms with Crippen LogP contribution in [-0.4, -0.2) is 14.2 Å². The molecule has 1 heterocycles. The maximum absolute atomic E-state index is 6.20. The standard InChI is InChI=1S/C18H23ClO3/c1-5-6-7-12(2)14-8-9-15(22-14)13-10-16(20-3)18(19)17(11-13)21-4/h8-12H,5-7H2,1-4H3. The van der Waals surface area contributed by atoms with Crippen LogP contribution in [0.5, 0.6) is 11.5 Å². The highest BCUT2D eigenvalue weighted by molar-refractivity contribution is 6.33. The SMILES string of the molecule is CCCCC(C)c1ccc(-c2cc(OC)c(Cl)c(OC)c2)o1. The van der Waals surface area contributed by atoms with Gasteiger partial charge in [-0.25, -0.2) is 0 Å². The second-order valence-electron chi connectivity index (χ2n) is 5.44. The number of hydrogen-bond acceptors (Lipinski definition) is 3. The van der Waals surface area contributed by atoms with Crippen LogP contribution >= 0.6 is 11.6 Å². The van der Waals surface area contributed by atoms with Crippen molar-refractivity contribution >= 4 is 11.6 Å². The first-order valence-corrected chi connectivity index (χ1v) is 8.00. The summed E-state index contributed by atoms with van der Waals surface area (Å²) >= 11 is 6.20. The van der Waals surface area contributed by atoms with Gasteiger partial charge in [0.15, 0.2) is 0 Å². The molecule has 0 bridgehead atoms. The summed E-state index contributed by atoms with van der Waals surface area (Å²) in [5.41, 5.74) is 0.895. The van der Waals surface area contributed by atoms with Crippen molar-refractivity contribution in [2.24, 2.45) is 0 Å². The maximum atomic E-state index is 6.20. The van der Waals surface area contributed by atoms with Crippen molar-refractivity contribution in [3.63, 3.8) is 0 Å². The van der Waals surface area contributed by atoms with Gasteiger partial charge >= 0.3 is 0 Å². The summed E-state index contributed by atoms with van der Waals surface area (Å²) in [6.07, 6.45) is 3.54. The molecule has 0 fully saturated rings. The van der Waals surface area contributed by atoms with Gasteiger partial charge in [-0.1, -0.05) is 38.3 Å². The third-order valence-corrected chi connectivity index (χ3v) is 4.21. The lowest BCUT2D eigenvalue weighted by molar-refractivity contribution is 0.394. The second-order valence-corrected chi connectivity index (χ2v) is 5.82. The van der Waals surface area contributed by atoms with Gasteiger partial charge in [0.25, 0.3) is 0 Å². The highest BCUT2D eigenvalue weighted by Gasteiger charge is 2.15. The van der Waals surface area contributed by atoms with Gasteiger partial charge in [-0.2, -0.15) is 0 Å². The molecule has 0 aliphatic rings. The number of ether oxygens (including phenoxy) is 2. The molecule has 0 spiro atoms. The van der Waals surface area contributed by atoms with E-state index in [2.05, 4.69) is 13.8 Å². The Morgan fingerprint density at radius 3 is 2.32 bits per heavy atom. The van der Waals surface area contributed by atoms with Crippen LogP contribution in [0.4, 0.5) is 0 Å². The predicted molar refractivity (Wildman–Crippen MR) is 90.2 cm³/mol. The monoisotopic (exact) mass is 322 g/mol. The zero-order chi connectivity index (χ0) is 16.1. The minimum absolute atomic E-state index is 0.421. The molecule has 0 N–H and O–H groups in total. The van der Waals surface area contributed by atoms with Gasteiger partial charge in [-0.15, -0.1) is 0 Å². The number of benzene rings is 1. The summed E-state index contributed by atoms with van der Waals surface area (Å²) in [5, 5.41) is 0.469. The van der Waals surface area contributed by atoms with E-state index in [9.17, 15) is 0 Å². The van der Waals surface area contributed by atoms with E-state index in [0.29, 0.717) is 22.4 Å². The zero-order valence-electron chi connectivity index (χ0n) is 13.6. The molecular formula is C18H23ClO3. The minimum Gasteiger partial charge on any atom is -0.495 e. The molecule has 120 valence electrons. The summed E-state index contributed by atoms with van der Waals surface area (Å²) in [6.45, 7) is 4.40. The van der Waals surface area contributed by atoms with Crippen molar-refractivity contribution in [1.82, 2.24) is 0 Å². The van der Waals surface area contributed by atoms with Crippen LogP contribution in [0.1, 0.15) is 44.8 Å². The molecule has 3 nitrogen and oxygen atoms in total. The average molecular weight is 323 g/mol. The Hall–Kier alpha value is -1.61. The van der Waals surface area contributed by atoms with Crippen LogP contribution in [0.25, 0.3) is 11.3 Å². The number of unbranched alkanes of at least 4 members (excludes halogenated alkanes) is 1. The largest absolute Gasteiger partial charge is 0.495 e. The van der Waals surface area contributed by atoms with E-state index in [0.717, 1.165) is 23.5 Å². The number of halogens is 1. The first kappa shape index (κ1) is 16.8. The number of furan rings is 1. The quantitative estimate of drug-likeness (QED) is 0.635. The zero-order valence-corrected chi connectivity index (χ0v) is 14.4. The summed E-state index contributed by atoms with van der Waals surface area (Å²) in [6, 6.07) is 7.76. The van der Waals surface area contributed by atoms with Crippen LogP contribution < -0.4 is 9.47 Å². The highest BCUT2D eigenvalue weighted by Crippen LogP contribution is 2.39. The lowest BCUT2D eigenvalue weighted by atomic mass is 10.0. The molecule has 2 aromatic rings. The van der Waals surface area contributed by atoms with Crippen LogP contribution in [0.3, 0.4) is 0 Å². The van der Waals surface area contributed by atoms with Crippen molar-refractivity contribution in [3.8, 4) is 22.8 Å². The van der Waals surface area contributed by atoms with Crippen LogP contribution in [-0.2, 0) is 0 Å². The fourth-order valence-electron chi connectivity index (χ4n) is 2.44. The minimum atomic E-state index is 0.421. The van der Waals surface area contributed by atoms with Crippen molar-refractivity contribution < 1.29 is 13.9 Å². The number of rotatable bonds is 7. The van der Waals surface area contributed by atoms with Crippen molar-refractivity contribution in [2.45, 2.75) is 39.0 Å². The molecule has 1 atom stereocenters. The van der Waals surface area contributed by atoms with E-state index < -0.39 is 0 Å². The molecule has 0 aliphatic heterocycles. The Balaban J connectivity index is 2.30. The smallest absolute Gasteiger partial charge is 0.141 e. The van der Waals surface area contributed by atoms with Gasteiger partial charge in [0.1, 0.15) is 28.0 Å². The molecule has 0 amide bonds. The van der Waals surface area contributed by atoms with E-state index >= 15 is 0 Å². The summed E-state index contributed by atoms with van der Waals surface area (Å²) in [5.74, 6) is 3.38. The van der Waals surface area contributed by atoms with Crippen molar-refractivity contribution in [1.29, 1.82) is 0 Å². The summed E-state index contributed by atoms with van der Waals surface area (Å²) in [7, 11) is 3.18. The van der Waals surface area contributed by atoms with Gasteiger partial charge in [-0.05, 0) is 30.7 Å². The molecule has 4 heteroatoms. The summed E-state index contributed by atoms with van der Waals surface area (Å²) in [4.78, 5) is 0. The van der Waals surface area contributed by atoms with Gasteiger partial charge in [0, 0.05) is 11.5 Å². The van der Waals surface area contributed by atoms with Crippen LogP contribution in [0.2, 0.25) is 5.02 Å². The predicted octanol–water partition coefficient (Wildman–Crippen LogP) is 5.91. The third-order valence-electron chi connectivity index (χ3n) is 3.83. The fraction of sp³-hybridized carbons (Fsp3) is 0.444. The van der Waals surface area contributed by atoms with E-state index in [1.54, 1.807) is 14.2 Å².